The molecule has 1 atom stereocenters. The van der Waals surface area contributed by atoms with Crippen LogP contribution in [0.4, 0.5) is 5.69 Å². The molecule has 5 nitrogen and oxygen atoms in total. The number of halogens is 1. The Morgan fingerprint density at radius 1 is 1.62 bits per heavy atom. The van der Waals surface area contributed by atoms with Crippen LogP contribution in [0.15, 0.2) is 18.2 Å². The van der Waals surface area contributed by atoms with Crippen molar-refractivity contribution in [3.8, 4) is 0 Å². The van der Waals surface area contributed by atoms with Gasteiger partial charge in [-0.15, -0.1) is 11.6 Å². The van der Waals surface area contributed by atoms with Crippen LogP contribution in [0.3, 0.4) is 0 Å². The molecule has 0 saturated carbocycles. The van der Waals surface area contributed by atoms with Crippen molar-refractivity contribution in [1.29, 1.82) is 0 Å². The summed E-state index contributed by atoms with van der Waals surface area (Å²) in [5, 5.41) is 18.6. The number of nitrogens with zero attached hydrogens (tertiary/aromatic N) is 1. The number of aliphatic hydroxyl groups excluding tert-OH is 1. The SMILES string of the molecule is CC(=O)C(Cl)c1cc([N+](=O)[O-])ccc1CO. The molecule has 0 aliphatic heterocycles. The van der Waals surface area contributed by atoms with Gasteiger partial charge in [-0.25, -0.2) is 0 Å². The number of carbonyl (C=O) groups excluding carboxylic acids is 1. The largest absolute Gasteiger partial charge is 0.392 e. The van der Waals surface area contributed by atoms with Crippen LogP contribution in [0.25, 0.3) is 0 Å². The molecule has 0 aliphatic carbocycles. The smallest absolute Gasteiger partial charge is 0.269 e. The van der Waals surface area contributed by atoms with Crippen LogP contribution in [-0.4, -0.2) is 15.8 Å². The van der Waals surface area contributed by atoms with Crippen LogP contribution in [0.5, 0.6) is 0 Å². The number of non-ortho nitro benzene ring substituents is 1. The number of alkyl halides is 1. The molecule has 0 amide bonds. The molecule has 1 N–H and O–H groups in total. The van der Waals surface area contributed by atoms with Crippen molar-refractivity contribution < 1.29 is 14.8 Å². The highest BCUT2D eigenvalue weighted by molar-refractivity contribution is 6.30. The molecule has 0 radical (unpaired) electrons. The summed E-state index contributed by atoms with van der Waals surface area (Å²) in [6.07, 6.45) is 0. The number of carbonyl (C=O) groups is 1. The van der Waals surface area contributed by atoms with Gasteiger partial charge in [-0.05, 0) is 24.1 Å². The van der Waals surface area contributed by atoms with Gasteiger partial charge < -0.3 is 5.11 Å². The first-order valence-corrected chi connectivity index (χ1v) is 4.93. The summed E-state index contributed by atoms with van der Waals surface area (Å²) in [7, 11) is 0. The molecule has 1 unspecified atom stereocenters. The summed E-state index contributed by atoms with van der Waals surface area (Å²) in [5.41, 5.74) is 0.547. The summed E-state index contributed by atoms with van der Waals surface area (Å²) in [6, 6.07) is 3.87. The second-order valence-corrected chi connectivity index (χ2v) is 3.71. The number of nitro benzene ring substituents is 1. The molecule has 0 heterocycles. The van der Waals surface area contributed by atoms with Gasteiger partial charge in [0.1, 0.15) is 5.38 Å². The van der Waals surface area contributed by atoms with Crippen LogP contribution in [0.2, 0.25) is 0 Å². The van der Waals surface area contributed by atoms with Crippen molar-refractivity contribution in [2.24, 2.45) is 0 Å². The van der Waals surface area contributed by atoms with Gasteiger partial charge in [0.25, 0.3) is 5.69 Å². The first-order valence-electron chi connectivity index (χ1n) is 4.50. The number of benzene rings is 1. The number of ketones is 1. The number of rotatable bonds is 4. The molecule has 6 heteroatoms. The molecule has 0 aliphatic rings. The molecule has 0 fully saturated rings. The highest BCUT2D eigenvalue weighted by atomic mass is 35.5. The summed E-state index contributed by atoms with van der Waals surface area (Å²) >= 11 is 5.82. The Morgan fingerprint density at radius 2 is 2.25 bits per heavy atom. The van der Waals surface area contributed by atoms with E-state index in [1.807, 2.05) is 0 Å². The fraction of sp³-hybridized carbons (Fsp3) is 0.300. The lowest BCUT2D eigenvalue weighted by Crippen LogP contribution is -2.06. The van der Waals surface area contributed by atoms with E-state index in [0.717, 1.165) is 0 Å². The van der Waals surface area contributed by atoms with E-state index < -0.39 is 10.3 Å². The molecule has 1 rings (SSSR count). The Balaban J connectivity index is 3.27. The summed E-state index contributed by atoms with van der Waals surface area (Å²) in [4.78, 5) is 21.1. The van der Waals surface area contributed by atoms with Crippen molar-refractivity contribution in [3.05, 3.63) is 39.4 Å². The minimum absolute atomic E-state index is 0.154. The summed E-state index contributed by atoms with van der Waals surface area (Å²) < 4.78 is 0. The van der Waals surface area contributed by atoms with Gasteiger partial charge in [-0.3, -0.25) is 14.9 Å². The zero-order chi connectivity index (χ0) is 12.3. The molecule has 1 aromatic carbocycles. The van der Waals surface area contributed by atoms with Crippen LogP contribution in [0, 0.1) is 10.1 Å². The van der Waals surface area contributed by atoms with E-state index in [1.165, 1.54) is 25.1 Å². The quantitative estimate of drug-likeness (QED) is 0.498. The number of aliphatic hydroxyl groups is 1. The fourth-order valence-electron chi connectivity index (χ4n) is 1.29. The predicted molar refractivity (Wildman–Crippen MR) is 58.3 cm³/mol. The fourth-order valence-corrected chi connectivity index (χ4v) is 1.50. The number of hydrogen-bond donors (Lipinski definition) is 1. The van der Waals surface area contributed by atoms with Crippen molar-refractivity contribution in [3.63, 3.8) is 0 Å². The normalized spacial score (nSPS) is 12.2. The molecule has 0 aromatic heterocycles. The Morgan fingerprint density at radius 3 is 2.69 bits per heavy atom. The standard InChI is InChI=1S/C10H10ClNO4/c1-6(14)10(11)9-4-8(12(15)16)3-2-7(9)5-13/h2-4,10,13H,5H2,1H3. The molecule has 86 valence electrons. The minimum atomic E-state index is -0.970. The minimum Gasteiger partial charge on any atom is -0.392 e. The Labute approximate surface area is 96.8 Å². The molecule has 1 aromatic rings. The first kappa shape index (κ1) is 12.6. The second-order valence-electron chi connectivity index (χ2n) is 3.27. The second kappa shape index (κ2) is 5.05. The molecular formula is C10H10ClNO4. The zero-order valence-electron chi connectivity index (χ0n) is 8.51. The maximum Gasteiger partial charge on any atom is 0.269 e. The molecule has 0 spiro atoms. The van der Waals surface area contributed by atoms with Crippen LogP contribution >= 0.6 is 11.6 Å². The molecule has 0 saturated heterocycles. The monoisotopic (exact) mass is 243 g/mol. The first-order chi connectivity index (χ1) is 7.47. The molecular weight excluding hydrogens is 234 g/mol. The van der Waals surface area contributed by atoms with Gasteiger partial charge in [-0.2, -0.15) is 0 Å². The van der Waals surface area contributed by atoms with E-state index in [0.29, 0.717) is 5.56 Å². The lowest BCUT2D eigenvalue weighted by Gasteiger charge is -2.10. The third-order valence-corrected chi connectivity index (χ3v) is 2.68. The topological polar surface area (TPSA) is 80.4 Å². The molecule has 16 heavy (non-hydrogen) atoms. The Bertz CT molecular complexity index is 433. The van der Waals surface area contributed by atoms with Gasteiger partial charge in [-0.1, -0.05) is 0 Å². The predicted octanol–water partition coefficient (Wildman–Crippen LogP) is 1.96. The van der Waals surface area contributed by atoms with Gasteiger partial charge in [0.2, 0.25) is 0 Å². The maximum atomic E-state index is 11.1. The average Bonchev–Trinajstić information content (AvgIpc) is 2.26. The highest BCUT2D eigenvalue weighted by Gasteiger charge is 2.20. The van der Waals surface area contributed by atoms with Crippen LogP contribution < -0.4 is 0 Å². The van der Waals surface area contributed by atoms with Crippen LogP contribution in [-0.2, 0) is 11.4 Å². The summed E-state index contributed by atoms with van der Waals surface area (Å²) in [6.45, 7) is 0.974. The van der Waals surface area contributed by atoms with E-state index in [2.05, 4.69) is 0 Å². The molecule has 0 bridgehead atoms. The van der Waals surface area contributed by atoms with Crippen LogP contribution in [0.1, 0.15) is 23.4 Å². The third kappa shape index (κ3) is 2.56. The van der Waals surface area contributed by atoms with E-state index in [4.69, 9.17) is 16.7 Å². The maximum absolute atomic E-state index is 11.1. The van der Waals surface area contributed by atoms with E-state index in [-0.39, 0.29) is 23.6 Å². The van der Waals surface area contributed by atoms with E-state index in [1.54, 1.807) is 0 Å². The van der Waals surface area contributed by atoms with Crippen molar-refractivity contribution in [2.45, 2.75) is 18.9 Å². The van der Waals surface area contributed by atoms with Gasteiger partial charge >= 0.3 is 0 Å². The van der Waals surface area contributed by atoms with Crippen molar-refractivity contribution in [2.75, 3.05) is 0 Å². The third-order valence-electron chi connectivity index (χ3n) is 2.14. The lowest BCUT2D eigenvalue weighted by molar-refractivity contribution is -0.384. The van der Waals surface area contributed by atoms with E-state index >= 15 is 0 Å². The van der Waals surface area contributed by atoms with Gasteiger partial charge in [0.05, 0.1) is 11.5 Å². The summed E-state index contributed by atoms with van der Waals surface area (Å²) in [5.74, 6) is -0.322. The Hall–Kier alpha value is -1.46. The highest BCUT2D eigenvalue weighted by Crippen LogP contribution is 2.28. The zero-order valence-corrected chi connectivity index (χ0v) is 9.27. The lowest BCUT2D eigenvalue weighted by atomic mass is 10.0. The van der Waals surface area contributed by atoms with Gasteiger partial charge in [0.15, 0.2) is 5.78 Å². The number of nitro groups is 1. The van der Waals surface area contributed by atoms with Crippen molar-refractivity contribution >= 4 is 23.1 Å². The Kier molecular flexibility index (Phi) is 3.98. The van der Waals surface area contributed by atoms with E-state index in [9.17, 15) is 14.9 Å². The van der Waals surface area contributed by atoms with Gasteiger partial charge in [0, 0.05) is 12.1 Å². The average molecular weight is 244 g/mol. The van der Waals surface area contributed by atoms with Crippen molar-refractivity contribution in [1.82, 2.24) is 0 Å². The number of Topliss-reactive ketones (excluding diaryl/α,β-unsaturated/α-hetero) is 1. The number of hydrogen-bond acceptors (Lipinski definition) is 4.